The summed E-state index contributed by atoms with van der Waals surface area (Å²) in [5, 5.41) is 0. The fourth-order valence-electron chi connectivity index (χ4n) is 2.72. The summed E-state index contributed by atoms with van der Waals surface area (Å²) in [5.74, 6) is 3.03. The lowest BCUT2D eigenvalue weighted by molar-refractivity contribution is 0.295. The van der Waals surface area contributed by atoms with E-state index in [1.807, 2.05) is 6.07 Å². The number of anilines is 1. The second kappa shape index (κ2) is 5.26. The van der Waals surface area contributed by atoms with Crippen LogP contribution in [-0.2, 0) is 5.88 Å². The summed E-state index contributed by atoms with van der Waals surface area (Å²) in [6, 6.07) is 6.69. The van der Waals surface area contributed by atoms with Gasteiger partial charge in [-0.2, -0.15) is 0 Å². The molecule has 3 atom stereocenters. The predicted molar refractivity (Wildman–Crippen MR) is 73.5 cm³/mol. The molecule has 3 heteroatoms. The Hall–Kier alpha value is -0.760. The van der Waals surface area contributed by atoms with Crippen molar-refractivity contribution in [2.75, 3.05) is 11.4 Å². The van der Waals surface area contributed by atoms with E-state index < -0.39 is 0 Å². The standard InChI is InChI=1S/C14H21ClN2/c1-10-7-11(2)12(3)17(9-10)14-6-4-5-13(8-15)16-14/h4-6,10-12H,7-9H2,1-3H3. The van der Waals surface area contributed by atoms with Crippen LogP contribution in [0.4, 0.5) is 5.82 Å². The lowest BCUT2D eigenvalue weighted by Crippen LogP contribution is -2.46. The van der Waals surface area contributed by atoms with Gasteiger partial charge >= 0.3 is 0 Å². The molecule has 0 aliphatic carbocycles. The van der Waals surface area contributed by atoms with Crippen molar-refractivity contribution >= 4 is 17.4 Å². The highest BCUT2D eigenvalue weighted by Gasteiger charge is 2.29. The third-order valence-corrected chi connectivity index (χ3v) is 4.09. The number of pyridine rings is 1. The van der Waals surface area contributed by atoms with E-state index in [4.69, 9.17) is 11.6 Å². The summed E-state index contributed by atoms with van der Waals surface area (Å²) >= 11 is 5.85. The number of hydrogen-bond acceptors (Lipinski definition) is 2. The minimum Gasteiger partial charge on any atom is -0.353 e. The summed E-state index contributed by atoms with van der Waals surface area (Å²) in [6.07, 6.45) is 1.31. The molecule has 17 heavy (non-hydrogen) atoms. The molecule has 1 saturated heterocycles. The quantitative estimate of drug-likeness (QED) is 0.747. The average molecular weight is 253 g/mol. The van der Waals surface area contributed by atoms with Crippen molar-refractivity contribution in [1.82, 2.24) is 4.98 Å². The highest BCUT2D eigenvalue weighted by Crippen LogP contribution is 2.30. The zero-order chi connectivity index (χ0) is 12.4. The van der Waals surface area contributed by atoms with Crippen molar-refractivity contribution < 1.29 is 0 Å². The number of hydrogen-bond donors (Lipinski definition) is 0. The molecule has 1 aliphatic heterocycles. The molecule has 1 aromatic heterocycles. The van der Waals surface area contributed by atoms with Crippen LogP contribution in [0.1, 0.15) is 32.9 Å². The van der Waals surface area contributed by atoms with Crippen LogP contribution in [0.25, 0.3) is 0 Å². The van der Waals surface area contributed by atoms with Gasteiger partial charge in [-0.1, -0.05) is 19.9 Å². The summed E-state index contributed by atoms with van der Waals surface area (Å²) in [5.41, 5.74) is 0.960. The van der Waals surface area contributed by atoms with Crippen LogP contribution in [0.15, 0.2) is 18.2 Å². The van der Waals surface area contributed by atoms with Gasteiger partial charge in [-0.25, -0.2) is 4.98 Å². The van der Waals surface area contributed by atoms with E-state index in [0.29, 0.717) is 11.9 Å². The molecule has 0 bridgehead atoms. The molecular weight excluding hydrogens is 232 g/mol. The lowest BCUT2D eigenvalue weighted by atomic mass is 9.86. The number of aromatic nitrogens is 1. The van der Waals surface area contributed by atoms with Crippen LogP contribution in [0, 0.1) is 11.8 Å². The van der Waals surface area contributed by atoms with Gasteiger partial charge in [0.15, 0.2) is 0 Å². The van der Waals surface area contributed by atoms with Crippen molar-refractivity contribution in [2.45, 2.75) is 39.1 Å². The molecule has 94 valence electrons. The van der Waals surface area contributed by atoms with E-state index in [-0.39, 0.29) is 0 Å². The van der Waals surface area contributed by atoms with Crippen LogP contribution in [0.5, 0.6) is 0 Å². The zero-order valence-electron chi connectivity index (χ0n) is 10.9. The van der Waals surface area contributed by atoms with Crippen LogP contribution < -0.4 is 4.90 Å². The molecule has 0 aromatic carbocycles. The Morgan fingerprint density at radius 3 is 2.82 bits per heavy atom. The first kappa shape index (κ1) is 12.7. The van der Waals surface area contributed by atoms with Gasteiger partial charge in [0, 0.05) is 12.6 Å². The Kier molecular flexibility index (Phi) is 3.93. The zero-order valence-corrected chi connectivity index (χ0v) is 11.6. The Labute approximate surface area is 109 Å². The number of rotatable bonds is 2. The minimum absolute atomic E-state index is 0.487. The summed E-state index contributed by atoms with van der Waals surface area (Å²) in [6.45, 7) is 8.05. The largest absolute Gasteiger partial charge is 0.353 e. The SMILES string of the molecule is CC1CC(C)C(C)N(c2cccc(CCl)n2)C1. The fourth-order valence-corrected chi connectivity index (χ4v) is 2.87. The van der Waals surface area contributed by atoms with E-state index in [0.717, 1.165) is 29.9 Å². The summed E-state index contributed by atoms with van der Waals surface area (Å²) in [4.78, 5) is 7.05. The van der Waals surface area contributed by atoms with Crippen molar-refractivity contribution in [2.24, 2.45) is 11.8 Å². The molecule has 2 rings (SSSR count). The van der Waals surface area contributed by atoms with E-state index in [1.54, 1.807) is 0 Å². The first-order valence-corrected chi connectivity index (χ1v) is 6.93. The second-order valence-corrected chi connectivity index (χ2v) is 5.60. The lowest BCUT2D eigenvalue weighted by Gasteiger charge is -2.42. The fraction of sp³-hybridized carbons (Fsp3) is 0.643. The molecule has 2 nitrogen and oxygen atoms in total. The van der Waals surface area contributed by atoms with E-state index in [9.17, 15) is 0 Å². The maximum absolute atomic E-state index is 5.85. The van der Waals surface area contributed by atoms with E-state index >= 15 is 0 Å². The van der Waals surface area contributed by atoms with Gasteiger partial charge in [-0.05, 0) is 37.3 Å². The molecule has 1 fully saturated rings. The van der Waals surface area contributed by atoms with Gasteiger partial charge in [0.25, 0.3) is 0 Å². The number of halogens is 1. The van der Waals surface area contributed by atoms with Gasteiger partial charge in [-0.15, -0.1) is 11.6 Å². The van der Waals surface area contributed by atoms with Gasteiger partial charge in [0.2, 0.25) is 0 Å². The molecule has 0 N–H and O–H groups in total. The highest BCUT2D eigenvalue weighted by molar-refractivity contribution is 6.16. The number of alkyl halides is 1. The molecule has 3 unspecified atom stereocenters. The highest BCUT2D eigenvalue weighted by atomic mass is 35.5. The molecule has 0 saturated carbocycles. The molecular formula is C14H21ClN2. The van der Waals surface area contributed by atoms with Crippen molar-refractivity contribution in [3.05, 3.63) is 23.9 Å². The number of nitrogens with zero attached hydrogens (tertiary/aromatic N) is 2. The Bertz CT molecular complexity index is 380. The molecule has 1 aromatic rings. The van der Waals surface area contributed by atoms with Crippen LogP contribution >= 0.6 is 11.6 Å². The Morgan fingerprint density at radius 1 is 1.35 bits per heavy atom. The Morgan fingerprint density at radius 2 is 2.12 bits per heavy atom. The minimum atomic E-state index is 0.487. The van der Waals surface area contributed by atoms with E-state index in [2.05, 4.69) is 42.8 Å². The van der Waals surface area contributed by atoms with Crippen molar-refractivity contribution in [3.8, 4) is 0 Å². The van der Waals surface area contributed by atoms with Crippen molar-refractivity contribution in [3.63, 3.8) is 0 Å². The van der Waals surface area contributed by atoms with Gasteiger partial charge in [0.05, 0.1) is 11.6 Å². The monoisotopic (exact) mass is 252 g/mol. The normalized spacial score (nSPS) is 29.4. The molecule has 1 aliphatic rings. The first-order valence-electron chi connectivity index (χ1n) is 6.40. The third kappa shape index (κ3) is 2.74. The molecule has 2 heterocycles. The summed E-state index contributed by atoms with van der Waals surface area (Å²) < 4.78 is 0. The van der Waals surface area contributed by atoms with E-state index in [1.165, 1.54) is 6.42 Å². The summed E-state index contributed by atoms with van der Waals surface area (Å²) in [7, 11) is 0. The number of piperidine rings is 1. The van der Waals surface area contributed by atoms with Gasteiger partial charge in [-0.3, -0.25) is 0 Å². The van der Waals surface area contributed by atoms with Crippen LogP contribution in [0.2, 0.25) is 0 Å². The first-order chi connectivity index (χ1) is 8.11. The second-order valence-electron chi connectivity index (χ2n) is 5.33. The maximum atomic E-state index is 5.85. The van der Waals surface area contributed by atoms with Gasteiger partial charge < -0.3 is 4.90 Å². The van der Waals surface area contributed by atoms with Gasteiger partial charge in [0.1, 0.15) is 5.82 Å². The maximum Gasteiger partial charge on any atom is 0.129 e. The smallest absolute Gasteiger partial charge is 0.129 e. The van der Waals surface area contributed by atoms with Crippen LogP contribution in [-0.4, -0.2) is 17.6 Å². The molecule has 0 amide bonds. The average Bonchev–Trinajstić information content (AvgIpc) is 2.34. The third-order valence-electron chi connectivity index (χ3n) is 3.82. The molecule has 0 spiro atoms. The topological polar surface area (TPSA) is 16.1 Å². The molecule has 0 radical (unpaired) electrons. The van der Waals surface area contributed by atoms with Crippen LogP contribution in [0.3, 0.4) is 0 Å². The van der Waals surface area contributed by atoms with Crippen molar-refractivity contribution in [1.29, 1.82) is 0 Å². The Balaban J connectivity index is 2.24. The predicted octanol–water partition coefficient (Wildman–Crippen LogP) is 3.69.